The van der Waals surface area contributed by atoms with Crippen molar-refractivity contribution in [2.24, 2.45) is 0 Å². The summed E-state index contributed by atoms with van der Waals surface area (Å²) in [6, 6.07) is 73.3. The van der Waals surface area contributed by atoms with Gasteiger partial charge < -0.3 is 4.42 Å². The van der Waals surface area contributed by atoms with E-state index in [1.165, 1.54) is 43.2 Å². The molecule has 0 N–H and O–H groups in total. The van der Waals surface area contributed by atoms with Crippen LogP contribution in [0.5, 0.6) is 0 Å². The molecule has 4 heterocycles. The second-order valence-electron chi connectivity index (χ2n) is 16.8. The molecule has 2 aliphatic rings. The number of hydrogen-bond acceptors (Lipinski definition) is 6. The highest BCUT2D eigenvalue weighted by molar-refractivity contribution is 7.99. The molecular formula is C59H34N4OS. The number of pyridine rings is 1. The van der Waals surface area contributed by atoms with Crippen LogP contribution < -0.4 is 0 Å². The number of hydrogen-bond donors (Lipinski definition) is 0. The minimum atomic E-state index is -0.523. The normalized spacial score (nSPS) is 13.3. The summed E-state index contributed by atoms with van der Waals surface area (Å²) in [5, 5.41) is 5.26. The van der Waals surface area contributed by atoms with Gasteiger partial charge in [-0.25, -0.2) is 19.9 Å². The Morgan fingerprint density at radius 3 is 1.75 bits per heavy atom. The van der Waals surface area contributed by atoms with Crippen LogP contribution >= 0.6 is 11.8 Å². The Morgan fingerprint density at radius 1 is 0.354 bits per heavy atom. The third kappa shape index (κ3) is 5.29. The quantitative estimate of drug-likeness (QED) is 0.164. The molecule has 0 fully saturated rings. The first-order chi connectivity index (χ1) is 32.2. The Kier molecular flexibility index (Phi) is 7.77. The molecule has 14 rings (SSSR count). The van der Waals surface area contributed by atoms with E-state index in [0.29, 0.717) is 17.5 Å². The van der Waals surface area contributed by atoms with Crippen molar-refractivity contribution in [3.05, 3.63) is 229 Å². The first kappa shape index (κ1) is 36.3. The zero-order valence-electron chi connectivity index (χ0n) is 34.7. The molecule has 0 amide bonds. The molecule has 12 aromatic rings. The lowest BCUT2D eigenvalue weighted by molar-refractivity contribution is 0.669. The van der Waals surface area contributed by atoms with Gasteiger partial charge in [-0.1, -0.05) is 163 Å². The number of furan rings is 1. The molecule has 302 valence electrons. The monoisotopic (exact) mass is 846 g/mol. The lowest BCUT2D eigenvalue weighted by atomic mass is 9.67. The molecule has 5 nitrogen and oxygen atoms in total. The smallest absolute Gasteiger partial charge is 0.164 e. The van der Waals surface area contributed by atoms with Gasteiger partial charge in [0.15, 0.2) is 17.5 Å². The van der Waals surface area contributed by atoms with E-state index in [0.717, 1.165) is 71.6 Å². The number of benzene rings is 9. The number of para-hydroxylation sites is 1. The number of fused-ring (bicyclic) bond motifs is 15. The van der Waals surface area contributed by atoms with E-state index >= 15 is 0 Å². The summed E-state index contributed by atoms with van der Waals surface area (Å²) in [7, 11) is 0. The van der Waals surface area contributed by atoms with Crippen LogP contribution in [0.4, 0.5) is 0 Å². The predicted octanol–water partition coefficient (Wildman–Crippen LogP) is 15.0. The van der Waals surface area contributed by atoms with Crippen LogP contribution in [0.1, 0.15) is 22.3 Å². The number of aromatic nitrogens is 4. The molecule has 65 heavy (non-hydrogen) atoms. The number of nitrogens with zero attached hydrogens (tertiary/aromatic N) is 4. The first-order valence-corrected chi connectivity index (χ1v) is 22.7. The maximum atomic E-state index is 6.33. The summed E-state index contributed by atoms with van der Waals surface area (Å²) >= 11 is 1.86. The molecule has 1 aliphatic heterocycles. The Bertz CT molecular complexity index is 3890. The van der Waals surface area contributed by atoms with E-state index < -0.39 is 5.41 Å². The Morgan fingerprint density at radius 2 is 0.969 bits per heavy atom. The van der Waals surface area contributed by atoms with Gasteiger partial charge in [-0.05, 0) is 93.4 Å². The average Bonchev–Trinajstić information content (AvgIpc) is 3.89. The highest BCUT2D eigenvalue weighted by Crippen LogP contribution is 2.63. The van der Waals surface area contributed by atoms with Crippen LogP contribution in [0.15, 0.2) is 220 Å². The van der Waals surface area contributed by atoms with E-state index in [1.54, 1.807) is 0 Å². The van der Waals surface area contributed by atoms with Crippen molar-refractivity contribution in [3.8, 4) is 56.5 Å². The molecule has 0 saturated carbocycles. The lowest BCUT2D eigenvalue weighted by Gasteiger charge is -2.39. The molecule has 1 spiro atoms. The molecule has 0 unspecified atom stereocenters. The molecular weight excluding hydrogens is 813 g/mol. The third-order valence-corrected chi connectivity index (χ3v) is 14.5. The second kappa shape index (κ2) is 13.9. The largest absolute Gasteiger partial charge is 0.456 e. The molecule has 0 bridgehead atoms. The molecule has 6 heteroatoms. The van der Waals surface area contributed by atoms with Crippen molar-refractivity contribution in [1.82, 2.24) is 19.9 Å². The van der Waals surface area contributed by atoms with Crippen molar-refractivity contribution >= 4 is 55.4 Å². The van der Waals surface area contributed by atoms with E-state index in [4.69, 9.17) is 24.4 Å². The van der Waals surface area contributed by atoms with Crippen molar-refractivity contribution in [2.45, 2.75) is 15.2 Å². The molecule has 0 atom stereocenters. The Balaban J connectivity index is 1.06. The Labute approximate surface area is 378 Å². The van der Waals surface area contributed by atoms with Crippen molar-refractivity contribution in [2.75, 3.05) is 0 Å². The fraction of sp³-hybridized carbons (Fsp3) is 0.0169. The van der Waals surface area contributed by atoms with Gasteiger partial charge >= 0.3 is 0 Å². The topological polar surface area (TPSA) is 64.7 Å². The summed E-state index contributed by atoms with van der Waals surface area (Å²) in [6.45, 7) is 0. The van der Waals surface area contributed by atoms with E-state index in [-0.39, 0.29) is 0 Å². The fourth-order valence-corrected chi connectivity index (χ4v) is 11.8. The van der Waals surface area contributed by atoms with Gasteiger partial charge in [0, 0.05) is 53.6 Å². The van der Waals surface area contributed by atoms with Gasteiger partial charge in [0.05, 0.1) is 16.6 Å². The van der Waals surface area contributed by atoms with Crippen LogP contribution in [0.25, 0.3) is 100 Å². The van der Waals surface area contributed by atoms with Crippen molar-refractivity contribution in [3.63, 3.8) is 0 Å². The molecule has 1 aliphatic carbocycles. The fourth-order valence-electron chi connectivity index (χ4n) is 10.6. The van der Waals surface area contributed by atoms with Gasteiger partial charge in [0.25, 0.3) is 0 Å². The summed E-state index contributed by atoms with van der Waals surface area (Å²) in [5.74, 6) is 1.76. The van der Waals surface area contributed by atoms with E-state index in [9.17, 15) is 0 Å². The predicted molar refractivity (Wildman–Crippen MR) is 263 cm³/mol. The summed E-state index contributed by atoms with van der Waals surface area (Å²) in [6.07, 6.45) is 0. The zero-order chi connectivity index (χ0) is 42.6. The highest BCUT2D eigenvalue weighted by Gasteiger charge is 2.50. The van der Waals surface area contributed by atoms with Gasteiger partial charge in [0.1, 0.15) is 11.2 Å². The SMILES string of the molecule is c1ccc(-c2nc(-c3ccc4nc(-c5ccccc5)c5cc6c(cc5c4c3)C3(c4ccccc4Sc4ccccc43)c3ccccc3-6)nc(-c3cccc4oc5ccccc5c34)n2)cc1. The Hall–Kier alpha value is -8.19. The molecule has 3 aromatic heterocycles. The summed E-state index contributed by atoms with van der Waals surface area (Å²) < 4.78 is 6.33. The zero-order valence-corrected chi connectivity index (χ0v) is 35.6. The van der Waals surface area contributed by atoms with Gasteiger partial charge in [0.2, 0.25) is 0 Å². The van der Waals surface area contributed by atoms with Crippen LogP contribution in [0.2, 0.25) is 0 Å². The maximum absolute atomic E-state index is 6.33. The second-order valence-corrected chi connectivity index (χ2v) is 17.9. The van der Waals surface area contributed by atoms with Crippen LogP contribution in [0, 0.1) is 0 Å². The number of rotatable bonds is 4. The first-order valence-electron chi connectivity index (χ1n) is 21.9. The van der Waals surface area contributed by atoms with E-state index in [1.807, 2.05) is 72.4 Å². The average molecular weight is 847 g/mol. The molecule has 9 aromatic carbocycles. The van der Waals surface area contributed by atoms with Crippen molar-refractivity contribution in [1.29, 1.82) is 0 Å². The van der Waals surface area contributed by atoms with Gasteiger partial charge in [-0.15, -0.1) is 0 Å². The van der Waals surface area contributed by atoms with Crippen LogP contribution in [-0.4, -0.2) is 19.9 Å². The van der Waals surface area contributed by atoms with Gasteiger partial charge in [-0.3, -0.25) is 0 Å². The highest BCUT2D eigenvalue weighted by atomic mass is 32.2. The third-order valence-electron chi connectivity index (χ3n) is 13.4. The standard InChI is InChI=1S/C59H34N4OS/c1-3-16-35(17-4-1)55-44-33-42-38-20-7-9-23-45(38)59(46-24-10-13-28-52(46)65-53-29-14-11-25-47(53)59)48(42)34-41(44)43-32-37(30-31-49(43)60-55)57-61-56(36-18-5-2-6-19-36)62-58(63-57)40-22-15-27-51-54(40)39-21-8-12-26-50(39)64-51/h1-34H. The molecule has 0 saturated heterocycles. The van der Waals surface area contributed by atoms with E-state index in [2.05, 4.69) is 146 Å². The van der Waals surface area contributed by atoms with Crippen molar-refractivity contribution < 1.29 is 4.42 Å². The summed E-state index contributed by atoms with van der Waals surface area (Å²) in [4.78, 5) is 23.7. The minimum Gasteiger partial charge on any atom is -0.456 e. The maximum Gasteiger partial charge on any atom is 0.164 e. The summed E-state index contributed by atoms with van der Waals surface area (Å²) in [5.41, 5.74) is 14.4. The molecule has 0 radical (unpaired) electrons. The van der Waals surface area contributed by atoms with Gasteiger partial charge in [-0.2, -0.15) is 0 Å². The van der Waals surface area contributed by atoms with Crippen LogP contribution in [-0.2, 0) is 5.41 Å². The minimum absolute atomic E-state index is 0.523. The lowest BCUT2D eigenvalue weighted by Crippen LogP contribution is -2.31. The van der Waals surface area contributed by atoms with Crippen LogP contribution in [0.3, 0.4) is 0 Å².